The molecule has 0 aliphatic carbocycles. The smallest absolute Gasteiger partial charge is 0.321 e. The largest absolute Gasteiger partial charge is 0.480 e. The zero-order valence-electron chi connectivity index (χ0n) is 19.1. The van der Waals surface area contributed by atoms with Gasteiger partial charge in [-0.15, -0.1) is 0 Å². The number of unbranched alkanes of at least 4 members (excludes halogenated alkanes) is 7. The number of carboxylic acids is 2. The van der Waals surface area contributed by atoms with Crippen molar-refractivity contribution in [1.29, 1.82) is 0 Å². The summed E-state index contributed by atoms with van der Waals surface area (Å²) in [4.78, 5) is 50.6. The van der Waals surface area contributed by atoms with Crippen molar-refractivity contribution in [2.75, 3.05) is 39.3 Å². The van der Waals surface area contributed by atoms with Gasteiger partial charge in [0.2, 0.25) is 11.8 Å². The number of aliphatic carboxylic acids is 2. The van der Waals surface area contributed by atoms with Crippen LogP contribution in [0.15, 0.2) is 0 Å². The molecule has 9 nitrogen and oxygen atoms in total. The van der Waals surface area contributed by atoms with Crippen LogP contribution in [0.1, 0.15) is 77.0 Å². The number of nitrogens with one attached hydrogen (secondary N) is 1. The van der Waals surface area contributed by atoms with E-state index >= 15 is 0 Å². The second-order valence-corrected chi connectivity index (χ2v) is 9.03. The maximum atomic E-state index is 12.3. The van der Waals surface area contributed by atoms with Gasteiger partial charge in [-0.1, -0.05) is 38.5 Å². The van der Waals surface area contributed by atoms with E-state index < -0.39 is 17.4 Å². The number of amides is 2. The predicted octanol–water partition coefficient (Wildman–Crippen LogP) is 2.10. The number of carbonyl (C=O) groups excluding carboxylic acids is 2. The number of piperazine rings is 1. The predicted molar refractivity (Wildman–Crippen MR) is 119 cm³/mol. The minimum Gasteiger partial charge on any atom is -0.480 e. The van der Waals surface area contributed by atoms with Crippen LogP contribution in [0.5, 0.6) is 0 Å². The van der Waals surface area contributed by atoms with E-state index in [2.05, 4.69) is 5.32 Å². The fraction of sp³-hybridized carbons (Fsp3) is 0.826. The second kappa shape index (κ2) is 13.4. The van der Waals surface area contributed by atoms with Crippen LogP contribution in [0.3, 0.4) is 0 Å². The number of nitrogens with zero attached hydrogens (tertiary/aromatic N) is 2. The fourth-order valence-electron chi connectivity index (χ4n) is 4.50. The molecule has 0 atom stereocenters. The molecule has 182 valence electrons. The molecular formula is C23H39N3O6. The van der Waals surface area contributed by atoms with E-state index in [9.17, 15) is 29.4 Å². The molecule has 0 spiro atoms. The summed E-state index contributed by atoms with van der Waals surface area (Å²) in [7, 11) is 0. The Bertz CT molecular complexity index is 624. The highest BCUT2D eigenvalue weighted by Gasteiger charge is 2.49. The molecule has 9 heteroatoms. The summed E-state index contributed by atoms with van der Waals surface area (Å²) >= 11 is 0. The highest BCUT2D eigenvalue weighted by molar-refractivity contribution is 5.98. The normalized spacial score (nSPS) is 18.4. The molecule has 3 N–H and O–H groups in total. The van der Waals surface area contributed by atoms with Crippen molar-refractivity contribution in [1.82, 2.24) is 15.1 Å². The number of carboxylic acid groups (broad SMARTS) is 2. The Morgan fingerprint density at radius 1 is 0.625 bits per heavy atom. The van der Waals surface area contributed by atoms with Gasteiger partial charge in [0.25, 0.3) is 0 Å². The quantitative estimate of drug-likeness (QED) is 0.288. The minimum atomic E-state index is -1.75. The summed E-state index contributed by atoms with van der Waals surface area (Å²) in [6.07, 6.45) is 9.32. The van der Waals surface area contributed by atoms with Crippen molar-refractivity contribution in [3.63, 3.8) is 0 Å². The molecule has 2 saturated heterocycles. The molecular weight excluding hydrogens is 414 g/mol. The van der Waals surface area contributed by atoms with Gasteiger partial charge in [-0.2, -0.15) is 0 Å². The molecule has 0 aromatic rings. The van der Waals surface area contributed by atoms with Gasteiger partial charge in [-0.3, -0.25) is 19.2 Å². The first-order valence-electron chi connectivity index (χ1n) is 12.1. The lowest BCUT2D eigenvalue weighted by Gasteiger charge is -2.36. The molecule has 2 fully saturated rings. The van der Waals surface area contributed by atoms with Gasteiger partial charge >= 0.3 is 11.9 Å². The monoisotopic (exact) mass is 453 g/mol. The van der Waals surface area contributed by atoms with E-state index in [1.54, 1.807) is 4.90 Å². The van der Waals surface area contributed by atoms with Crippen molar-refractivity contribution in [2.24, 2.45) is 5.41 Å². The third kappa shape index (κ3) is 7.76. The summed E-state index contributed by atoms with van der Waals surface area (Å²) in [5.41, 5.74) is -1.75. The Hall–Kier alpha value is -2.16. The number of hydrogen-bond donors (Lipinski definition) is 3. The average Bonchev–Trinajstić information content (AvgIpc) is 2.80. The SMILES string of the molecule is O=C(CCCCCCCCCCC(=O)N1CCC(C(=O)O)(C(=O)O)CC1)N1CCNCC1. The summed E-state index contributed by atoms with van der Waals surface area (Å²) in [6.45, 7) is 3.81. The average molecular weight is 454 g/mol. The maximum absolute atomic E-state index is 12.3. The van der Waals surface area contributed by atoms with Crippen molar-refractivity contribution in [3.8, 4) is 0 Å². The van der Waals surface area contributed by atoms with Crippen LogP contribution in [-0.2, 0) is 19.2 Å². The van der Waals surface area contributed by atoms with Gasteiger partial charge in [0.15, 0.2) is 5.41 Å². The van der Waals surface area contributed by atoms with Gasteiger partial charge in [0, 0.05) is 52.1 Å². The third-order valence-electron chi connectivity index (χ3n) is 6.79. The van der Waals surface area contributed by atoms with Crippen molar-refractivity contribution >= 4 is 23.8 Å². The number of carbonyl (C=O) groups is 4. The van der Waals surface area contributed by atoms with Crippen molar-refractivity contribution in [2.45, 2.75) is 77.0 Å². The first kappa shape index (κ1) is 26.1. The minimum absolute atomic E-state index is 0.0106. The zero-order valence-corrected chi connectivity index (χ0v) is 19.1. The molecule has 0 radical (unpaired) electrons. The molecule has 32 heavy (non-hydrogen) atoms. The van der Waals surface area contributed by atoms with E-state index in [1.165, 1.54) is 0 Å². The number of piperidine rings is 1. The van der Waals surface area contributed by atoms with E-state index in [1.807, 2.05) is 4.90 Å². The number of hydrogen-bond acceptors (Lipinski definition) is 5. The van der Waals surface area contributed by atoms with Crippen molar-refractivity contribution in [3.05, 3.63) is 0 Å². The van der Waals surface area contributed by atoms with E-state index in [0.717, 1.165) is 77.5 Å². The molecule has 0 aromatic carbocycles. The first-order valence-corrected chi connectivity index (χ1v) is 12.1. The molecule has 0 aromatic heterocycles. The third-order valence-corrected chi connectivity index (χ3v) is 6.79. The summed E-state index contributed by atoms with van der Waals surface area (Å²) < 4.78 is 0. The number of likely N-dealkylation sites (tertiary alicyclic amines) is 1. The topological polar surface area (TPSA) is 127 Å². The molecule has 0 saturated carbocycles. The summed E-state index contributed by atoms with van der Waals surface area (Å²) in [5, 5.41) is 21.8. The Kier molecular flexibility index (Phi) is 10.9. The van der Waals surface area contributed by atoms with Gasteiger partial charge in [-0.05, 0) is 25.7 Å². The van der Waals surface area contributed by atoms with Crippen molar-refractivity contribution < 1.29 is 29.4 Å². The van der Waals surface area contributed by atoms with Crippen LogP contribution < -0.4 is 5.32 Å². The van der Waals surface area contributed by atoms with Gasteiger partial charge < -0.3 is 25.3 Å². The lowest BCUT2D eigenvalue weighted by molar-refractivity contribution is -0.169. The lowest BCUT2D eigenvalue weighted by atomic mass is 9.78. The highest BCUT2D eigenvalue weighted by atomic mass is 16.4. The zero-order chi connectivity index (χ0) is 23.4. The van der Waals surface area contributed by atoms with Gasteiger partial charge in [0.1, 0.15) is 0 Å². The second-order valence-electron chi connectivity index (χ2n) is 9.03. The van der Waals surface area contributed by atoms with Crippen LogP contribution in [0, 0.1) is 5.41 Å². The Morgan fingerprint density at radius 2 is 1.00 bits per heavy atom. The maximum Gasteiger partial charge on any atom is 0.321 e. The van der Waals surface area contributed by atoms with E-state index in [4.69, 9.17) is 0 Å². The van der Waals surface area contributed by atoms with Crippen LogP contribution in [0.4, 0.5) is 0 Å². The summed E-state index contributed by atoms with van der Waals surface area (Å²) in [6, 6.07) is 0. The highest BCUT2D eigenvalue weighted by Crippen LogP contribution is 2.32. The molecule has 0 unspecified atom stereocenters. The standard InChI is InChI=1S/C23H39N3O6/c27-19(25-15-11-23(12-16-25,21(29)30)22(31)32)9-7-5-3-1-2-4-6-8-10-20(28)26-17-13-24-14-18-26/h24H,1-18H2,(H,29,30)(H,31,32). The van der Waals surface area contributed by atoms with Crippen LogP contribution >= 0.6 is 0 Å². The Balaban J connectivity index is 1.45. The van der Waals surface area contributed by atoms with Crippen LogP contribution in [0.25, 0.3) is 0 Å². The lowest BCUT2D eigenvalue weighted by Crippen LogP contribution is -2.50. The Labute approximate surface area is 190 Å². The number of rotatable bonds is 13. The first-order chi connectivity index (χ1) is 15.4. The van der Waals surface area contributed by atoms with Crippen LogP contribution in [0.2, 0.25) is 0 Å². The molecule has 2 aliphatic rings. The summed E-state index contributed by atoms with van der Waals surface area (Å²) in [5.74, 6) is -2.36. The Morgan fingerprint density at radius 3 is 1.41 bits per heavy atom. The molecule has 2 rings (SSSR count). The molecule has 2 amide bonds. The molecule has 2 aliphatic heterocycles. The van der Waals surface area contributed by atoms with Gasteiger partial charge in [-0.25, -0.2) is 0 Å². The van der Waals surface area contributed by atoms with E-state index in [-0.39, 0.29) is 37.7 Å². The van der Waals surface area contributed by atoms with Crippen LogP contribution in [-0.4, -0.2) is 83.0 Å². The van der Waals surface area contributed by atoms with Gasteiger partial charge in [0.05, 0.1) is 0 Å². The van der Waals surface area contributed by atoms with E-state index in [0.29, 0.717) is 12.8 Å². The molecule has 2 heterocycles. The fourth-order valence-corrected chi connectivity index (χ4v) is 4.50. The molecule has 0 bridgehead atoms.